The van der Waals surface area contributed by atoms with E-state index < -0.39 is 0 Å². The average Bonchev–Trinajstić information content (AvgIpc) is 2.75. The minimum Gasteiger partial charge on any atom is -0.378 e. The van der Waals surface area contributed by atoms with E-state index in [0.717, 1.165) is 32.7 Å². The molecule has 0 fully saturated rings. The van der Waals surface area contributed by atoms with Crippen LogP contribution in [-0.2, 0) is 0 Å². The molecule has 0 spiro atoms. The molecule has 0 bridgehead atoms. The highest BCUT2D eigenvalue weighted by Crippen LogP contribution is 2.22. The topological polar surface area (TPSA) is 34.0 Å². The highest BCUT2D eigenvalue weighted by atomic mass is 79.9. The Morgan fingerprint density at radius 1 is 1.23 bits per heavy atom. The van der Waals surface area contributed by atoms with Crippen LogP contribution >= 0.6 is 15.9 Å². The van der Waals surface area contributed by atoms with Gasteiger partial charge in [0.2, 0.25) is 0 Å². The highest BCUT2D eigenvalue weighted by Gasteiger charge is 2.16. The first-order chi connectivity index (χ1) is 10.3. The molecular formula is C18H23BrN2O. The molecule has 118 valence electrons. The van der Waals surface area contributed by atoms with Crippen molar-refractivity contribution < 1.29 is 4.79 Å². The average molecular weight is 363 g/mol. The zero-order valence-electron chi connectivity index (χ0n) is 13.8. The number of carbonyl (C=O) groups is 1. The summed E-state index contributed by atoms with van der Waals surface area (Å²) in [5, 5.41) is 3.22. The van der Waals surface area contributed by atoms with Crippen molar-refractivity contribution in [1.82, 2.24) is 4.57 Å². The van der Waals surface area contributed by atoms with Gasteiger partial charge in [-0.1, -0.05) is 15.9 Å². The van der Waals surface area contributed by atoms with E-state index in [2.05, 4.69) is 46.6 Å². The zero-order valence-corrected chi connectivity index (χ0v) is 15.4. The Morgan fingerprint density at radius 2 is 1.91 bits per heavy atom. The molecule has 0 aliphatic carbocycles. The maximum Gasteiger partial charge on any atom is 0.183 e. The molecule has 2 rings (SSSR count). The van der Waals surface area contributed by atoms with E-state index in [9.17, 15) is 4.79 Å². The Hall–Kier alpha value is -1.55. The maximum atomic E-state index is 12.5. The number of ketones is 1. The Labute approximate surface area is 140 Å². The van der Waals surface area contributed by atoms with Gasteiger partial charge in [0.1, 0.15) is 0 Å². The molecule has 0 unspecified atom stereocenters. The molecule has 0 aliphatic rings. The van der Waals surface area contributed by atoms with E-state index in [-0.39, 0.29) is 5.78 Å². The van der Waals surface area contributed by atoms with E-state index in [4.69, 9.17) is 0 Å². The van der Waals surface area contributed by atoms with Crippen LogP contribution < -0.4 is 5.32 Å². The third-order valence-electron chi connectivity index (χ3n) is 3.91. The van der Waals surface area contributed by atoms with Crippen LogP contribution in [0.2, 0.25) is 0 Å². The number of hydrogen-bond acceptors (Lipinski definition) is 2. The van der Waals surface area contributed by atoms with Crippen molar-refractivity contribution >= 4 is 27.4 Å². The van der Waals surface area contributed by atoms with E-state index in [0.29, 0.717) is 12.6 Å². The summed E-state index contributed by atoms with van der Waals surface area (Å²) in [6.45, 7) is 10.7. The predicted octanol–water partition coefficient (Wildman–Crippen LogP) is 5.05. The van der Waals surface area contributed by atoms with E-state index in [1.165, 1.54) is 0 Å². The van der Waals surface area contributed by atoms with Crippen LogP contribution in [-0.4, -0.2) is 16.9 Å². The van der Waals surface area contributed by atoms with Gasteiger partial charge < -0.3 is 9.88 Å². The Kier molecular flexibility index (Phi) is 5.12. The summed E-state index contributed by atoms with van der Waals surface area (Å²) in [7, 11) is 0. The number of aromatic nitrogens is 1. The minimum absolute atomic E-state index is 0.126. The van der Waals surface area contributed by atoms with Crippen molar-refractivity contribution in [2.45, 2.75) is 40.7 Å². The molecule has 1 aromatic carbocycles. The van der Waals surface area contributed by atoms with E-state index in [1.54, 1.807) is 0 Å². The number of aryl methyl sites for hydroxylation is 2. The summed E-state index contributed by atoms with van der Waals surface area (Å²) in [5.41, 5.74) is 5.11. The zero-order chi connectivity index (χ0) is 16.4. The van der Waals surface area contributed by atoms with Crippen molar-refractivity contribution in [1.29, 1.82) is 0 Å². The van der Waals surface area contributed by atoms with Gasteiger partial charge in [-0.3, -0.25) is 4.79 Å². The smallest absolute Gasteiger partial charge is 0.183 e. The second-order valence-electron chi connectivity index (χ2n) is 5.99. The number of hydrogen-bond donors (Lipinski definition) is 1. The van der Waals surface area contributed by atoms with Crippen molar-refractivity contribution in [3.05, 3.63) is 51.3 Å². The standard InChI is InChI=1S/C18H23BrN2O/c1-11(2)21-13(4)9-16(14(21)5)18(22)10-20-15-6-7-17(19)12(3)8-15/h6-9,11,20H,10H2,1-5H3. The van der Waals surface area contributed by atoms with Crippen LogP contribution in [0.25, 0.3) is 0 Å². The summed E-state index contributed by atoms with van der Waals surface area (Å²) >= 11 is 3.48. The molecule has 3 nitrogen and oxygen atoms in total. The number of anilines is 1. The molecule has 0 saturated heterocycles. The number of halogens is 1. The van der Waals surface area contributed by atoms with Crippen molar-refractivity contribution in [2.24, 2.45) is 0 Å². The lowest BCUT2D eigenvalue weighted by atomic mass is 10.1. The lowest BCUT2D eigenvalue weighted by Crippen LogP contribution is -2.15. The molecule has 22 heavy (non-hydrogen) atoms. The predicted molar refractivity (Wildman–Crippen MR) is 96.0 cm³/mol. The fourth-order valence-corrected chi connectivity index (χ4v) is 3.13. The molecule has 0 aliphatic heterocycles. The number of benzene rings is 1. The summed E-state index contributed by atoms with van der Waals surface area (Å²) in [6, 6.07) is 8.36. The van der Waals surface area contributed by atoms with Crippen LogP contribution in [0.4, 0.5) is 5.69 Å². The lowest BCUT2D eigenvalue weighted by molar-refractivity contribution is 0.101. The van der Waals surface area contributed by atoms with Crippen molar-refractivity contribution in [3.8, 4) is 0 Å². The Bertz CT molecular complexity index is 701. The number of carbonyl (C=O) groups excluding carboxylic acids is 1. The first kappa shape index (κ1) is 16.8. The molecule has 1 heterocycles. The fraction of sp³-hybridized carbons (Fsp3) is 0.389. The second-order valence-corrected chi connectivity index (χ2v) is 6.84. The SMILES string of the molecule is Cc1cc(NCC(=O)c2cc(C)n(C(C)C)c2C)ccc1Br. The van der Waals surface area contributed by atoms with Crippen molar-refractivity contribution in [2.75, 3.05) is 11.9 Å². The Balaban J connectivity index is 2.13. The summed E-state index contributed by atoms with van der Waals surface area (Å²) in [4.78, 5) is 12.5. The minimum atomic E-state index is 0.126. The first-order valence-electron chi connectivity index (χ1n) is 7.53. The van der Waals surface area contributed by atoms with E-state index in [1.807, 2.05) is 38.1 Å². The van der Waals surface area contributed by atoms with Crippen LogP contribution in [0.3, 0.4) is 0 Å². The normalized spacial score (nSPS) is 11.0. The van der Waals surface area contributed by atoms with Crippen LogP contribution in [0.1, 0.15) is 47.2 Å². The number of rotatable bonds is 5. The van der Waals surface area contributed by atoms with Crippen LogP contribution in [0, 0.1) is 20.8 Å². The molecule has 0 atom stereocenters. The van der Waals surface area contributed by atoms with Gasteiger partial charge in [-0.2, -0.15) is 0 Å². The third kappa shape index (κ3) is 3.43. The first-order valence-corrected chi connectivity index (χ1v) is 8.32. The van der Waals surface area contributed by atoms with E-state index >= 15 is 0 Å². The fourth-order valence-electron chi connectivity index (χ4n) is 2.89. The quantitative estimate of drug-likeness (QED) is 0.754. The van der Waals surface area contributed by atoms with Gasteiger partial charge in [0.05, 0.1) is 6.54 Å². The second kappa shape index (κ2) is 6.69. The molecule has 0 saturated carbocycles. The summed E-state index contributed by atoms with van der Waals surface area (Å²) in [5.74, 6) is 0.126. The van der Waals surface area contributed by atoms with Gasteiger partial charge >= 0.3 is 0 Å². The summed E-state index contributed by atoms with van der Waals surface area (Å²) in [6.07, 6.45) is 0. The van der Waals surface area contributed by atoms with Gasteiger partial charge in [-0.15, -0.1) is 0 Å². The van der Waals surface area contributed by atoms with Gasteiger partial charge in [0, 0.05) is 33.2 Å². The number of nitrogens with one attached hydrogen (secondary N) is 1. The van der Waals surface area contributed by atoms with Crippen LogP contribution in [0.15, 0.2) is 28.7 Å². The number of nitrogens with zero attached hydrogens (tertiary/aromatic N) is 1. The monoisotopic (exact) mass is 362 g/mol. The molecule has 2 aromatic rings. The molecule has 1 N–H and O–H groups in total. The van der Waals surface area contributed by atoms with Gasteiger partial charge in [0.15, 0.2) is 5.78 Å². The van der Waals surface area contributed by atoms with Crippen LogP contribution in [0.5, 0.6) is 0 Å². The van der Waals surface area contributed by atoms with Gasteiger partial charge in [-0.05, 0) is 64.4 Å². The maximum absolute atomic E-state index is 12.5. The molecule has 1 aromatic heterocycles. The lowest BCUT2D eigenvalue weighted by Gasteiger charge is -2.13. The largest absolute Gasteiger partial charge is 0.378 e. The molecule has 0 radical (unpaired) electrons. The van der Waals surface area contributed by atoms with Crippen molar-refractivity contribution in [3.63, 3.8) is 0 Å². The Morgan fingerprint density at radius 3 is 2.45 bits per heavy atom. The van der Waals surface area contributed by atoms with Gasteiger partial charge in [-0.25, -0.2) is 0 Å². The molecular weight excluding hydrogens is 340 g/mol. The molecule has 0 amide bonds. The third-order valence-corrected chi connectivity index (χ3v) is 4.80. The number of Topliss-reactive ketones (excluding diaryl/α,β-unsaturated/α-hetero) is 1. The summed E-state index contributed by atoms with van der Waals surface area (Å²) < 4.78 is 3.28. The van der Waals surface area contributed by atoms with Gasteiger partial charge in [0.25, 0.3) is 0 Å². The molecule has 4 heteroatoms. The highest BCUT2D eigenvalue weighted by molar-refractivity contribution is 9.10.